The molecule has 3 aromatic rings. The Hall–Kier alpha value is -3.02. The summed E-state index contributed by atoms with van der Waals surface area (Å²) >= 11 is 0. The van der Waals surface area contributed by atoms with Gasteiger partial charge in [0.2, 0.25) is 0 Å². The molecule has 2 aliphatic rings. The molecule has 2 aliphatic heterocycles. The van der Waals surface area contributed by atoms with E-state index in [2.05, 4.69) is 0 Å². The molecule has 28 heavy (non-hydrogen) atoms. The number of carbonyl (C=O) groups excluding carboxylic acids is 1. The Morgan fingerprint density at radius 3 is 2.86 bits per heavy atom. The number of pyridine rings is 1. The third kappa shape index (κ3) is 2.80. The predicted octanol–water partition coefficient (Wildman–Crippen LogP) is 2.36. The van der Waals surface area contributed by atoms with E-state index in [9.17, 15) is 9.59 Å². The molecule has 1 saturated heterocycles. The zero-order valence-electron chi connectivity index (χ0n) is 15.9. The lowest BCUT2D eigenvalue weighted by Gasteiger charge is -2.42. The van der Waals surface area contributed by atoms with Crippen molar-refractivity contribution in [2.45, 2.75) is 18.9 Å². The van der Waals surface area contributed by atoms with Crippen molar-refractivity contribution in [3.8, 4) is 5.75 Å². The number of benzene rings is 1. The Balaban J connectivity index is 1.31. The van der Waals surface area contributed by atoms with Crippen molar-refractivity contribution in [1.82, 2.24) is 14.0 Å². The van der Waals surface area contributed by atoms with Crippen LogP contribution in [0, 0.1) is 5.92 Å². The fraction of sp³-hybridized carbons (Fsp3) is 0.364. The summed E-state index contributed by atoms with van der Waals surface area (Å²) in [5, 5.41) is 1.02. The molecule has 5 rings (SSSR count). The molecule has 1 amide bonds. The van der Waals surface area contributed by atoms with E-state index >= 15 is 0 Å². The van der Waals surface area contributed by atoms with Crippen molar-refractivity contribution in [3.05, 3.63) is 64.7 Å². The van der Waals surface area contributed by atoms with Crippen molar-refractivity contribution < 1.29 is 9.53 Å². The number of hydrogen-bond donors (Lipinski definition) is 0. The average molecular weight is 377 g/mol. The molecule has 0 aliphatic carbocycles. The van der Waals surface area contributed by atoms with Crippen LogP contribution in [0.5, 0.6) is 5.75 Å². The molecule has 6 heteroatoms. The quantitative estimate of drug-likeness (QED) is 0.704. The van der Waals surface area contributed by atoms with E-state index in [1.165, 1.54) is 0 Å². The standard InChI is InChI=1S/C22H23N3O3/c1-23-9-8-17-19(23)5-2-6-20(17)28-14-22(27)24-11-15-10-16(13-24)18-4-3-7-21(26)25(18)12-15/h2-9,15-16H,10-14H2,1H3/t15-,16+/m1/s1. The Morgan fingerprint density at radius 2 is 1.96 bits per heavy atom. The van der Waals surface area contributed by atoms with Gasteiger partial charge in [-0.25, -0.2) is 0 Å². The first-order valence-electron chi connectivity index (χ1n) is 9.74. The van der Waals surface area contributed by atoms with Gasteiger partial charge < -0.3 is 18.8 Å². The highest BCUT2D eigenvalue weighted by Gasteiger charge is 2.36. The first-order chi connectivity index (χ1) is 13.6. The van der Waals surface area contributed by atoms with Crippen molar-refractivity contribution in [3.63, 3.8) is 0 Å². The molecule has 0 saturated carbocycles. The van der Waals surface area contributed by atoms with Crippen LogP contribution in [-0.2, 0) is 18.4 Å². The zero-order chi connectivity index (χ0) is 19.3. The number of amides is 1. The van der Waals surface area contributed by atoms with Crippen molar-refractivity contribution >= 4 is 16.8 Å². The van der Waals surface area contributed by atoms with Crippen LogP contribution in [0.15, 0.2) is 53.5 Å². The number of aryl methyl sites for hydroxylation is 1. The molecule has 0 unspecified atom stereocenters. The van der Waals surface area contributed by atoms with E-state index in [1.54, 1.807) is 6.07 Å². The lowest BCUT2D eigenvalue weighted by molar-refractivity contribution is -0.136. The van der Waals surface area contributed by atoms with Gasteiger partial charge in [-0.05, 0) is 36.6 Å². The minimum absolute atomic E-state index is 0.00867. The zero-order valence-corrected chi connectivity index (χ0v) is 15.9. The number of hydrogen-bond acceptors (Lipinski definition) is 3. The first kappa shape index (κ1) is 17.1. The molecule has 1 fully saturated rings. The van der Waals surface area contributed by atoms with Crippen molar-refractivity contribution in [2.75, 3.05) is 19.7 Å². The lowest BCUT2D eigenvalue weighted by atomic mass is 9.83. The summed E-state index contributed by atoms with van der Waals surface area (Å²) in [5.74, 6) is 1.30. The first-order valence-corrected chi connectivity index (χ1v) is 9.74. The van der Waals surface area contributed by atoms with Crippen LogP contribution in [0.25, 0.3) is 10.9 Å². The van der Waals surface area contributed by atoms with E-state index in [0.717, 1.165) is 28.8 Å². The Morgan fingerprint density at radius 1 is 1.11 bits per heavy atom. The number of nitrogens with zero attached hydrogens (tertiary/aromatic N) is 3. The number of fused-ring (bicyclic) bond motifs is 5. The van der Waals surface area contributed by atoms with E-state index in [1.807, 2.05) is 63.7 Å². The maximum absolute atomic E-state index is 12.8. The average Bonchev–Trinajstić information content (AvgIpc) is 3.08. The minimum atomic E-state index is 0.00867. The molecule has 0 radical (unpaired) electrons. The van der Waals surface area contributed by atoms with Crippen molar-refractivity contribution in [1.29, 1.82) is 0 Å². The molecule has 6 nitrogen and oxygen atoms in total. The van der Waals surface area contributed by atoms with E-state index in [0.29, 0.717) is 25.6 Å². The Bertz CT molecular complexity index is 1110. The molecule has 4 heterocycles. The van der Waals surface area contributed by atoms with Gasteiger partial charge in [0, 0.05) is 55.9 Å². The summed E-state index contributed by atoms with van der Waals surface area (Å²) in [4.78, 5) is 26.9. The molecule has 2 aromatic heterocycles. The molecule has 144 valence electrons. The Kier molecular flexibility index (Phi) is 4.00. The fourth-order valence-electron chi connectivity index (χ4n) is 4.73. The number of ether oxygens (including phenoxy) is 1. The highest BCUT2D eigenvalue weighted by molar-refractivity contribution is 5.87. The third-order valence-electron chi connectivity index (χ3n) is 6.07. The van der Waals surface area contributed by atoms with Crippen LogP contribution in [0.1, 0.15) is 18.0 Å². The van der Waals surface area contributed by atoms with Crippen LogP contribution in [-0.4, -0.2) is 39.6 Å². The van der Waals surface area contributed by atoms with Gasteiger partial charge in [0.25, 0.3) is 11.5 Å². The molecular formula is C22H23N3O3. The van der Waals surface area contributed by atoms with Gasteiger partial charge in [-0.1, -0.05) is 12.1 Å². The molecular weight excluding hydrogens is 354 g/mol. The highest BCUT2D eigenvalue weighted by atomic mass is 16.5. The molecule has 2 bridgehead atoms. The van der Waals surface area contributed by atoms with Crippen molar-refractivity contribution in [2.24, 2.45) is 13.0 Å². The summed E-state index contributed by atoms with van der Waals surface area (Å²) in [5.41, 5.74) is 2.20. The van der Waals surface area contributed by atoms with Crippen LogP contribution in [0.3, 0.4) is 0 Å². The smallest absolute Gasteiger partial charge is 0.260 e. The van der Waals surface area contributed by atoms with Crippen LogP contribution in [0.2, 0.25) is 0 Å². The maximum atomic E-state index is 12.8. The monoisotopic (exact) mass is 377 g/mol. The number of carbonyl (C=O) groups is 1. The summed E-state index contributed by atoms with van der Waals surface area (Å²) in [6.07, 6.45) is 3.03. The molecule has 0 spiro atoms. The largest absolute Gasteiger partial charge is 0.483 e. The summed E-state index contributed by atoms with van der Waals surface area (Å²) in [6.45, 7) is 2.07. The van der Waals surface area contributed by atoms with Gasteiger partial charge >= 0.3 is 0 Å². The fourth-order valence-corrected chi connectivity index (χ4v) is 4.73. The second kappa shape index (κ2) is 6.55. The number of likely N-dealkylation sites (tertiary alicyclic amines) is 1. The summed E-state index contributed by atoms with van der Waals surface area (Å²) in [6, 6.07) is 13.4. The van der Waals surface area contributed by atoms with E-state index in [-0.39, 0.29) is 24.0 Å². The molecule has 1 aromatic carbocycles. The van der Waals surface area contributed by atoms with Crippen LogP contribution < -0.4 is 10.3 Å². The van der Waals surface area contributed by atoms with Gasteiger partial charge in [-0.15, -0.1) is 0 Å². The summed E-state index contributed by atoms with van der Waals surface area (Å²) < 4.78 is 9.82. The lowest BCUT2D eigenvalue weighted by Crippen LogP contribution is -2.50. The van der Waals surface area contributed by atoms with Gasteiger partial charge in [0.15, 0.2) is 6.61 Å². The maximum Gasteiger partial charge on any atom is 0.260 e. The van der Waals surface area contributed by atoms with Gasteiger partial charge in [-0.3, -0.25) is 9.59 Å². The normalized spacial score (nSPS) is 20.8. The van der Waals surface area contributed by atoms with Gasteiger partial charge in [0.1, 0.15) is 5.75 Å². The van der Waals surface area contributed by atoms with Crippen LogP contribution in [0.4, 0.5) is 0 Å². The second-order valence-electron chi connectivity index (χ2n) is 7.90. The predicted molar refractivity (Wildman–Crippen MR) is 107 cm³/mol. The number of piperidine rings is 1. The molecule has 2 atom stereocenters. The molecule has 0 N–H and O–H groups in total. The Labute approximate surface area is 162 Å². The van der Waals surface area contributed by atoms with Gasteiger partial charge in [0.05, 0.1) is 5.52 Å². The highest BCUT2D eigenvalue weighted by Crippen LogP contribution is 2.35. The topological polar surface area (TPSA) is 56.5 Å². The SMILES string of the molecule is Cn1ccc2c(OCC(=O)N3C[C@H]4C[C@@H](C3)c3cccc(=O)n3C4)cccc21. The third-order valence-corrected chi connectivity index (χ3v) is 6.07. The second-order valence-corrected chi connectivity index (χ2v) is 7.90. The summed E-state index contributed by atoms with van der Waals surface area (Å²) in [7, 11) is 1.99. The number of aromatic nitrogens is 2. The van der Waals surface area contributed by atoms with E-state index < -0.39 is 0 Å². The van der Waals surface area contributed by atoms with E-state index in [4.69, 9.17) is 4.74 Å². The number of rotatable bonds is 3. The minimum Gasteiger partial charge on any atom is -0.483 e. The van der Waals surface area contributed by atoms with Gasteiger partial charge in [-0.2, -0.15) is 0 Å². The van der Waals surface area contributed by atoms with Crippen LogP contribution >= 0.6 is 0 Å².